The average molecular weight is 360 g/mol. The number of aryl methyl sites for hydroxylation is 1. The van der Waals surface area contributed by atoms with Crippen molar-refractivity contribution in [3.8, 4) is 5.75 Å². The molecule has 0 aliphatic rings. The van der Waals surface area contributed by atoms with Crippen LogP contribution in [0.1, 0.15) is 26.0 Å². The highest BCUT2D eigenvalue weighted by Gasteiger charge is 2.21. The van der Waals surface area contributed by atoms with Crippen molar-refractivity contribution in [2.75, 3.05) is 11.9 Å². The molecule has 1 unspecified atom stereocenters. The number of carbonyl (C=O) groups excluding carboxylic acids is 1. The van der Waals surface area contributed by atoms with E-state index in [0.717, 1.165) is 16.8 Å². The van der Waals surface area contributed by atoms with Crippen LogP contribution in [-0.2, 0) is 4.79 Å². The molecule has 25 heavy (non-hydrogen) atoms. The summed E-state index contributed by atoms with van der Waals surface area (Å²) in [6, 6.07) is 7.39. The van der Waals surface area contributed by atoms with Crippen LogP contribution in [0.25, 0.3) is 11.0 Å². The van der Waals surface area contributed by atoms with Crippen molar-refractivity contribution < 1.29 is 14.1 Å². The predicted molar refractivity (Wildman–Crippen MR) is 97.1 cm³/mol. The molecule has 2 heterocycles. The lowest BCUT2D eigenvalue weighted by molar-refractivity contribution is -0.115. The van der Waals surface area contributed by atoms with Gasteiger partial charge < -0.3 is 19.6 Å². The first-order valence-electron chi connectivity index (χ1n) is 8.12. The van der Waals surface area contributed by atoms with Gasteiger partial charge >= 0.3 is 0 Å². The fourth-order valence-electron chi connectivity index (χ4n) is 2.37. The zero-order valence-electron chi connectivity index (χ0n) is 14.3. The van der Waals surface area contributed by atoms with E-state index < -0.39 is 0 Å². The summed E-state index contributed by atoms with van der Waals surface area (Å²) < 4.78 is 10.5. The quantitative estimate of drug-likeness (QED) is 0.623. The third kappa shape index (κ3) is 4.14. The van der Waals surface area contributed by atoms with Crippen LogP contribution in [0.5, 0.6) is 5.75 Å². The fraction of sp³-hybridized carbons (Fsp3) is 0.353. The van der Waals surface area contributed by atoms with E-state index in [1.807, 2.05) is 32.0 Å². The largest absolute Gasteiger partial charge is 0.494 e. The number of hydrogen-bond acceptors (Lipinski definition) is 6. The van der Waals surface area contributed by atoms with Gasteiger partial charge in [-0.3, -0.25) is 4.79 Å². The standard InChI is InChI=1S/C17H20N4O3S/c1-4-14(16(22)20-15-8-10(3)24-21-15)25-17-18-12-7-6-11(23-5-2)9-13(12)19-17/h6-9,14H,4-5H2,1-3H3,(H,18,19)(H,20,21,22). The van der Waals surface area contributed by atoms with E-state index in [9.17, 15) is 4.79 Å². The summed E-state index contributed by atoms with van der Waals surface area (Å²) in [6.45, 7) is 6.29. The van der Waals surface area contributed by atoms with Gasteiger partial charge in [-0.2, -0.15) is 0 Å². The van der Waals surface area contributed by atoms with E-state index in [4.69, 9.17) is 9.26 Å². The molecule has 3 aromatic rings. The first kappa shape index (κ1) is 17.3. The number of carbonyl (C=O) groups is 1. The number of anilines is 1. The van der Waals surface area contributed by atoms with Crippen LogP contribution in [-0.4, -0.2) is 32.9 Å². The van der Waals surface area contributed by atoms with Crippen LogP contribution in [0.3, 0.4) is 0 Å². The Balaban J connectivity index is 1.72. The molecule has 2 N–H and O–H groups in total. The van der Waals surface area contributed by atoms with E-state index in [1.54, 1.807) is 13.0 Å². The van der Waals surface area contributed by atoms with E-state index in [2.05, 4.69) is 20.4 Å². The SMILES string of the molecule is CCOc1ccc2nc(SC(CC)C(=O)Nc3cc(C)on3)[nH]c2c1. The maximum Gasteiger partial charge on any atom is 0.239 e. The number of nitrogens with zero attached hydrogens (tertiary/aromatic N) is 2. The van der Waals surface area contributed by atoms with Gasteiger partial charge in [0, 0.05) is 12.1 Å². The number of aromatic nitrogens is 3. The third-order valence-corrected chi connectivity index (χ3v) is 4.79. The number of hydrogen-bond donors (Lipinski definition) is 2. The summed E-state index contributed by atoms with van der Waals surface area (Å²) in [6.07, 6.45) is 0.661. The van der Waals surface area contributed by atoms with Crippen molar-refractivity contribution in [3.63, 3.8) is 0 Å². The molecule has 1 aromatic carbocycles. The molecule has 0 aliphatic carbocycles. The lowest BCUT2D eigenvalue weighted by Gasteiger charge is -2.11. The molecule has 0 fully saturated rings. The zero-order chi connectivity index (χ0) is 17.8. The smallest absolute Gasteiger partial charge is 0.239 e. The van der Waals surface area contributed by atoms with Crippen LogP contribution in [0.15, 0.2) is 33.9 Å². The number of fused-ring (bicyclic) bond motifs is 1. The molecular weight excluding hydrogens is 340 g/mol. The van der Waals surface area contributed by atoms with Gasteiger partial charge in [0.1, 0.15) is 11.5 Å². The average Bonchev–Trinajstić information content (AvgIpc) is 3.17. The summed E-state index contributed by atoms with van der Waals surface area (Å²) in [4.78, 5) is 20.2. The van der Waals surface area contributed by atoms with E-state index in [1.165, 1.54) is 11.8 Å². The molecule has 0 saturated carbocycles. The van der Waals surface area contributed by atoms with Gasteiger partial charge in [-0.15, -0.1) is 0 Å². The first-order chi connectivity index (χ1) is 12.1. The molecule has 0 spiro atoms. The van der Waals surface area contributed by atoms with Gasteiger partial charge in [-0.1, -0.05) is 23.8 Å². The van der Waals surface area contributed by atoms with Gasteiger partial charge in [0.25, 0.3) is 0 Å². The van der Waals surface area contributed by atoms with Crippen molar-refractivity contribution in [1.82, 2.24) is 15.1 Å². The summed E-state index contributed by atoms with van der Waals surface area (Å²) in [5.41, 5.74) is 1.73. The summed E-state index contributed by atoms with van der Waals surface area (Å²) in [5.74, 6) is 1.74. The van der Waals surface area contributed by atoms with Crippen LogP contribution in [0, 0.1) is 6.92 Å². The molecule has 2 aromatic heterocycles. The maximum absolute atomic E-state index is 12.4. The Morgan fingerprint density at radius 2 is 2.24 bits per heavy atom. The van der Waals surface area contributed by atoms with Gasteiger partial charge in [0.15, 0.2) is 11.0 Å². The Hall–Kier alpha value is -2.48. The number of H-pyrrole nitrogens is 1. The molecule has 8 heteroatoms. The number of aromatic amines is 1. The van der Waals surface area contributed by atoms with E-state index in [-0.39, 0.29) is 11.2 Å². The van der Waals surface area contributed by atoms with Crippen LogP contribution in [0.4, 0.5) is 5.82 Å². The highest BCUT2D eigenvalue weighted by Crippen LogP contribution is 2.28. The van der Waals surface area contributed by atoms with E-state index >= 15 is 0 Å². The van der Waals surface area contributed by atoms with Crippen molar-refractivity contribution in [2.45, 2.75) is 37.6 Å². The molecule has 0 bridgehead atoms. The zero-order valence-corrected chi connectivity index (χ0v) is 15.1. The lowest BCUT2D eigenvalue weighted by atomic mass is 10.3. The number of rotatable bonds is 7. The van der Waals surface area contributed by atoms with Crippen molar-refractivity contribution >= 4 is 34.5 Å². The Labute approximate surface area is 149 Å². The summed E-state index contributed by atoms with van der Waals surface area (Å²) in [5, 5.41) is 6.96. The second-order valence-corrected chi connectivity index (χ2v) is 6.67. The highest BCUT2D eigenvalue weighted by atomic mass is 32.2. The molecule has 0 aliphatic heterocycles. The summed E-state index contributed by atoms with van der Waals surface area (Å²) in [7, 11) is 0. The Kier molecular flexibility index (Phi) is 5.28. The number of thioether (sulfide) groups is 1. The number of imidazole rings is 1. The second-order valence-electron chi connectivity index (χ2n) is 5.48. The first-order valence-corrected chi connectivity index (χ1v) is 9.00. The number of nitrogens with one attached hydrogen (secondary N) is 2. The van der Waals surface area contributed by atoms with Crippen molar-refractivity contribution in [2.24, 2.45) is 0 Å². The van der Waals surface area contributed by atoms with Crippen LogP contribution in [0.2, 0.25) is 0 Å². The van der Waals surface area contributed by atoms with Gasteiger partial charge in [0.05, 0.1) is 22.9 Å². The molecule has 3 rings (SSSR count). The van der Waals surface area contributed by atoms with Gasteiger partial charge in [0.2, 0.25) is 5.91 Å². The second kappa shape index (κ2) is 7.60. The molecular formula is C17H20N4O3S. The number of benzene rings is 1. The lowest BCUT2D eigenvalue weighted by Crippen LogP contribution is -2.24. The fourth-order valence-corrected chi connectivity index (χ4v) is 3.29. The van der Waals surface area contributed by atoms with Crippen molar-refractivity contribution in [1.29, 1.82) is 0 Å². The molecule has 0 saturated heterocycles. The maximum atomic E-state index is 12.4. The Bertz CT molecular complexity index is 874. The van der Waals surface area contributed by atoms with Crippen LogP contribution < -0.4 is 10.1 Å². The molecule has 0 radical (unpaired) electrons. The minimum Gasteiger partial charge on any atom is -0.494 e. The van der Waals surface area contributed by atoms with Crippen molar-refractivity contribution in [3.05, 3.63) is 30.0 Å². The van der Waals surface area contributed by atoms with E-state index in [0.29, 0.717) is 29.8 Å². The van der Waals surface area contributed by atoms with Crippen LogP contribution >= 0.6 is 11.8 Å². The normalized spacial score (nSPS) is 12.3. The molecule has 132 valence electrons. The highest BCUT2D eigenvalue weighted by molar-refractivity contribution is 8.00. The number of ether oxygens (including phenoxy) is 1. The van der Waals surface area contributed by atoms with Gasteiger partial charge in [-0.25, -0.2) is 4.98 Å². The van der Waals surface area contributed by atoms with Gasteiger partial charge in [-0.05, 0) is 32.4 Å². The Morgan fingerprint density at radius 3 is 2.92 bits per heavy atom. The molecule has 1 atom stereocenters. The molecule has 7 nitrogen and oxygen atoms in total. The predicted octanol–water partition coefficient (Wildman–Crippen LogP) is 3.77. The molecule has 1 amide bonds. The Morgan fingerprint density at radius 1 is 1.40 bits per heavy atom. The minimum atomic E-state index is -0.288. The number of amides is 1. The topological polar surface area (TPSA) is 93.0 Å². The monoisotopic (exact) mass is 360 g/mol. The summed E-state index contributed by atoms with van der Waals surface area (Å²) >= 11 is 1.39. The third-order valence-electron chi connectivity index (χ3n) is 3.54. The minimum absolute atomic E-state index is 0.128.